The molecular formula is C23H33FN8. The minimum absolute atomic E-state index is 0.268. The van der Waals surface area contributed by atoms with Crippen molar-refractivity contribution < 1.29 is 4.39 Å². The predicted molar refractivity (Wildman–Crippen MR) is 125 cm³/mol. The van der Waals surface area contributed by atoms with Gasteiger partial charge in [0.1, 0.15) is 23.3 Å². The Balaban J connectivity index is 1.55. The highest BCUT2D eigenvalue weighted by Crippen LogP contribution is 2.22. The number of rotatable bonds is 7. The van der Waals surface area contributed by atoms with E-state index in [-0.39, 0.29) is 11.6 Å². The number of benzene rings is 1. The number of anilines is 1. The first kappa shape index (κ1) is 23.5. The second-order valence-electron chi connectivity index (χ2n) is 8.59. The molecule has 8 nitrogen and oxygen atoms in total. The molecule has 2 aromatic rings. The molecule has 2 unspecified atom stereocenters. The fraction of sp³-hybridized carbons (Fsp3) is 0.522. The van der Waals surface area contributed by atoms with Gasteiger partial charge in [-0.3, -0.25) is 9.89 Å². The molecule has 1 fully saturated rings. The first-order valence-corrected chi connectivity index (χ1v) is 11.1. The minimum Gasteiger partial charge on any atom is -0.382 e. The summed E-state index contributed by atoms with van der Waals surface area (Å²) in [5.74, 6) is 1.26. The summed E-state index contributed by atoms with van der Waals surface area (Å²) in [6, 6.07) is 8.91. The standard InChI is InChI=1S/C23H33FN8/c1-15(2)31-13-16(3)21(14-31)29-23(27-4)28-11-5-6-20-19(12-25)22(26)32(30-20)18-9-7-17(24)8-10-18/h7-10,15-16,21H,5-6,11,13-14,26H2,1-4H3,(H2,27,28,29). The molecule has 0 radical (unpaired) electrons. The third-order valence-electron chi connectivity index (χ3n) is 5.98. The quantitative estimate of drug-likeness (QED) is 0.346. The van der Waals surface area contributed by atoms with E-state index in [1.54, 1.807) is 19.2 Å². The Morgan fingerprint density at radius 3 is 2.66 bits per heavy atom. The van der Waals surface area contributed by atoms with Crippen LogP contribution in [-0.4, -0.2) is 59.4 Å². The molecule has 0 aliphatic carbocycles. The van der Waals surface area contributed by atoms with E-state index >= 15 is 0 Å². The summed E-state index contributed by atoms with van der Waals surface area (Å²) in [5.41, 5.74) is 7.75. The van der Waals surface area contributed by atoms with E-state index in [4.69, 9.17) is 5.73 Å². The molecule has 0 bridgehead atoms. The van der Waals surface area contributed by atoms with Crippen LogP contribution in [0.5, 0.6) is 0 Å². The monoisotopic (exact) mass is 440 g/mol. The van der Waals surface area contributed by atoms with Gasteiger partial charge in [-0.15, -0.1) is 0 Å². The number of likely N-dealkylation sites (tertiary alicyclic amines) is 1. The topological polar surface area (TPSA) is 107 Å². The number of nitrogens with zero attached hydrogens (tertiary/aromatic N) is 5. The Morgan fingerprint density at radius 2 is 2.06 bits per heavy atom. The summed E-state index contributed by atoms with van der Waals surface area (Å²) in [6.07, 6.45) is 1.35. The number of nitrogen functional groups attached to an aromatic ring is 1. The van der Waals surface area contributed by atoms with E-state index in [0.717, 1.165) is 25.5 Å². The lowest BCUT2D eigenvalue weighted by Gasteiger charge is -2.21. The Morgan fingerprint density at radius 1 is 1.34 bits per heavy atom. The smallest absolute Gasteiger partial charge is 0.191 e. The molecule has 1 aromatic carbocycles. The fourth-order valence-corrected chi connectivity index (χ4v) is 4.00. The van der Waals surface area contributed by atoms with E-state index in [0.29, 0.717) is 47.9 Å². The molecule has 3 rings (SSSR count). The van der Waals surface area contributed by atoms with Crippen LogP contribution in [-0.2, 0) is 6.42 Å². The third-order valence-corrected chi connectivity index (χ3v) is 5.98. The van der Waals surface area contributed by atoms with Crippen LogP contribution in [0.15, 0.2) is 29.3 Å². The summed E-state index contributed by atoms with van der Waals surface area (Å²) in [4.78, 5) is 6.83. The minimum atomic E-state index is -0.336. The Hall–Kier alpha value is -3.12. The first-order valence-electron chi connectivity index (χ1n) is 11.1. The molecule has 0 spiro atoms. The van der Waals surface area contributed by atoms with Crippen molar-refractivity contribution in [3.05, 3.63) is 41.3 Å². The maximum atomic E-state index is 13.2. The summed E-state index contributed by atoms with van der Waals surface area (Å²) < 4.78 is 14.7. The van der Waals surface area contributed by atoms with Gasteiger partial charge in [0.05, 0.1) is 11.4 Å². The summed E-state index contributed by atoms with van der Waals surface area (Å²) >= 11 is 0. The number of nitriles is 1. The van der Waals surface area contributed by atoms with Gasteiger partial charge in [0.15, 0.2) is 5.96 Å². The summed E-state index contributed by atoms with van der Waals surface area (Å²) in [7, 11) is 1.77. The van der Waals surface area contributed by atoms with Crippen molar-refractivity contribution in [2.45, 2.75) is 45.7 Å². The van der Waals surface area contributed by atoms with Gasteiger partial charge in [-0.2, -0.15) is 10.4 Å². The van der Waals surface area contributed by atoms with Crippen molar-refractivity contribution in [3.8, 4) is 11.8 Å². The second kappa shape index (κ2) is 10.5. The zero-order valence-corrected chi connectivity index (χ0v) is 19.3. The molecule has 0 saturated carbocycles. The number of hydrogen-bond acceptors (Lipinski definition) is 5. The van der Waals surface area contributed by atoms with Gasteiger partial charge in [-0.05, 0) is 56.9 Å². The zero-order chi connectivity index (χ0) is 23.3. The van der Waals surface area contributed by atoms with Crippen LogP contribution in [0.2, 0.25) is 0 Å². The predicted octanol–water partition coefficient (Wildman–Crippen LogP) is 2.29. The van der Waals surface area contributed by atoms with Crippen LogP contribution in [0.25, 0.3) is 5.69 Å². The van der Waals surface area contributed by atoms with Crippen LogP contribution in [0.1, 0.15) is 38.4 Å². The van der Waals surface area contributed by atoms with Gasteiger partial charge in [0.25, 0.3) is 0 Å². The van der Waals surface area contributed by atoms with Crippen LogP contribution >= 0.6 is 0 Å². The van der Waals surface area contributed by atoms with Gasteiger partial charge in [0, 0.05) is 38.8 Å². The number of aryl methyl sites for hydroxylation is 1. The molecule has 4 N–H and O–H groups in total. The van der Waals surface area contributed by atoms with Gasteiger partial charge < -0.3 is 16.4 Å². The van der Waals surface area contributed by atoms with Crippen molar-refractivity contribution in [1.29, 1.82) is 5.26 Å². The second-order valence-corrected chi connectivity index (χ2v) is 8.59. The molecule has 2 atom stereocenters. The van der Waals surface area contributed by atoms with E-state index in [2.05, 4.69) is 52.5 Å². The number of nitrogens with one attached hydrogen (secondary N) is 2. The number of aromatic nitrogens is 2. The van der Waals surface area contributed by atoms with E-state index < -0.39 is 0 Å². The zero-order valence-electron chi connectivity index (χ0n) is 19.3. The highest BCUT2D eigenvalue weighted by molar-refractivity contribution is 5.80. The Kier molecular flexibility index (Phi) is 7.70. The SMILES string of the molecule is CN=C(NCCCc1nn(-c2ccc(F)cc2)c(N)c1C#N)NC1CN(C(C)C)CC1C. The van der Waals surface area contributed by atoms with Gasteiger partial charge >= 0.3 is 0 Å². The number of guanidine groups is 1. The lowest BCUT2D eigenvalue weighted by Crippen LogP contribution is -2.47. The lowest BCUT2D eigenvalue weighted by atomic mass is 10.1. The molecule has 1 saturated heterocycles. The van der Waals surface area contributed by atoms with E-state index in [1.165, 1.54) is 16.8 Å². The summed E-state index contributed by atoms with van der Waals surface area (Å²) in [6.45, 7) is 9.48. The van der Waals surface area contributed by atoms with Crippen molar-refractivity contribution in [2.24, 2.45) is 10.9 Å². The maximum Gasteiger partial charge on any atom is 0.191 e. The molecule has 32 heavy (non-hydrogen) atoms. The number of nitrogens with two attached hydrogens (primary N) is 1. The average Bonchev–Trinajstić information content (AvgIpc) is 3.30. The van der Waals surface area contributed by atoms with Gasteiger partial charge in [-0.1, -0.05) is 6.92 Å². The molecule has 172 valence electrons. The molecule has 2 heterocycles. The first-order chi connectivity index (χ1) is 15.3. The molecule has 0 amide bonds. The Bertz CT molecular complexity index is 973. The normalized spacial score (nSPS) is 19.3. The maximum absolute atomic E-state index is 13.2. The highest BCUT2D eigenvalue weighted by Gasteiger charge is 2.31. The molecule has 9 heteroatoms. The molecule has 1 aliphatic heterocycles. The van der Waals surface area contributed by atoms with Gasteiger partial charge in [0.2, 0.25) is 0 Å². The van der Waals surface area contributed by atoms with Crippen LogP contribution in [0, 0.1) is 23.1 Å². The van der Waals surface area contributed by atoms with Gasteiger partial charge in [-0.25, -0.2) is 9.07 Å². The average molecular weight is 441 g/mol. The molecule has 1 aliphatic rings. The number of aliphatic imine (C=N–C) groups is 1. The van der Waals surface area contributed by atoms with Crippen LogP contribution < -0.4 is 16.4 Å². The largest absolute Gasteiger partial charge is 0.382 e. The molecule has 1 aromatic heterocycles. The summed E-state index contributed by atoms with van der Waals surface area (Å²) in [5, 5.41) is 20.9. The van der Waals surface area contributed by atoms with Crippen LogP contribution in [0.4, 0.5) is 10.2 Å². The highest BCUT2D eigenvalue weighted by atomic mass is 19.1. The third kappa shape index (κ3) is 5.37. The van der Waals surface area contributed by atoms with E-state index in [1.807, 2.05) is 0 Å². The number of hydrogen-bond donors (Lipinski definition) is 3. The lowest BCUT2D eigenvalue weighted by molar-refractivity contribution is 0.265. The van der Waals surface area contributed by atoms with Crippen molar-refractivity contribution in [1.82, 2.24) is 25.3 Å². The fourth-order valence-electron chi connectivity index (χ4n) is 4.00. The van der Waals surface area contributed by atoms with E-state index in [9.17, 15) is 9.65 Å². The number of halogens is 1. The van der Waals surface area contributed by atoms with Crippen molar-refractivity contribution in [2.75, 3.05) is 32.4 Å². The van der Waals surface area contributed by atoms with Crippen molar-refractivity contribution >= 4 is 11.8 Å². The Labute approximate surface area is 189 Å². The van der Waals surface area contributed by atoms with Crippen molar-refractivity contribution in [3.63, 3.8) is 0 Å². The van der Waals surface area contributed by atoms with Crippen LogP contribution in [0.3, 0.4) is 0 Å². The molecular weight excluding hydrogens is 407 g/mol.